The summed E-state index contributed by atoms with van der Waals surface area (Å²) >= 11 is 0. The minimum atomic E-state index is -0.447. The van der Waals surface area contributed by atoms with Crippen molar-refractivity contribution >= 4 is 5.97 Å². The second-order valence-corrected chi connectivity index (χ2v) is 5.20. The molecular formula is C14H21NO4. The summed E-state index contributed by atoms with van der Waals surface area (Å²) in [4.78, 5) is 13.7. The number of carbonyl (C=O) groups is 1. The first-order chi connectivity index (χ1) is 9.06. The van der Waals surface area contributed by atoms with E-state index in [9.17, 15) is 9.90 Å². The number of nitrogens with zero attached hydrogens (tertiary/aromatic N) is 1. The van der Waals surface area contributed by atoms with Crippen molar-refractivity contribution in [2.45, 2.75) is 32.9 Å². The lowest BCUT2D eigenvalue weighted by atomic mass is 10.0. The number of aryl methyl sites for hydroxylation is 1. The molecule has 19 heavy (non-hydrogen) atoms. The molecule has 1 aromatic rings. The Balaban J connectivity index is 2.10. The largest absolute Gasteiger partial charge is 0.463 e. The van der Waals surface area contributed by atoms with Crippen LogP contribution in [0.4, 0.5) is 0 Å². The topological polar surface area (TPSA) is 62.9 Å². The third-order valence-corrected chi connectivity index (χ3v) is 3.88. The van der Waals surface area contributed by atoms with Gasteiger partial charge < -0.3 is 14.3 Å². The van der Waals surface area contributed by atoms with Crippen molar-refractivity contribution in [1.82, 2.24) is 4.90 Å². The maximum atomic E-state index is 11.5. The number of ether oxygens (including phenoxy) is 1. The summed E-state index contributed by atoms with van der Waals surface area (Å²) in [7, 11) is 1.34. The molecule has 1 N–H and O–H groups in total. The number of aliphatic hydroxyl groups excluding tert-OH is 1. The summed E-state index contributed by atoms with van der Waals surface area (Å²) in [6.45, 7) is 5.70. The van der Waals surface area contributed by atoms with E-state index in [-0.39, 0.29) is 18.4 Å². The van der Waals surface area contributed by atoms with Crippen molar-refractivity contribution < 1.29 is 19.1 Å². The normalized spacial score (nSPS) is 23.8. The van der Waals surface area contributed by atoms with E-state index in [1.807, 2.05) is 13.0 Å². The molecule has 1 fully saturated rings. The molecule has 1 saturated heterocycles. The molecule has 2 heterocycles. The molecule has 0 bridgehead atoms. The predicted molar refractivity (Wildman–Crippen MR) is 69.8 cm³/mol. The molecular weight excluding hydrogens is 246 g/mol. The van der Waals surface area contributed by atoms with Gasteiger partial charge >= 0.3 is 5.97 Å². The molecule has 0 radical (unpaired) electrons. The molecule has 0 amide bonds. The number of furan rings is 1. The van der Waals surface area contributed by atoms with Crippen LogP contribution in [0.3, 0.4) is 0 Å². The van der Waals surface area contributed by atoms with Gasteiger partial charge in [0.05, 0.1) is 20.3 Å². The molecule has 0 saturated carbocycles. The Kier molecular flexibility index (Phi) is 4.27. The predicted octanol–water partition coefficient (Wildman–Crippen LogP) is 1.58. The molecule has 106 valence electrons. The SMILES string of the molecule is COC(=O)c1oc(CN2CCC(C)C2CO)cc1C. The Hall–Kier alpha value is -1.33. The van der Waals surface area contributed by atoms with Crippen molar-refractivity contribution in [3.05, 3.63) is 23.2 Å². The van der Waals surface area contributed by atoms with E-state index in [4.69, 9.17) is 4.42 Å². The third kappa shape index (κ3) is 2.82. The highest BCUT2D eigenvalue weighted by Crippen LogP contribution is 2.26. The first-order valence-corrected chi connectivity index (χ1v) is 6.59. The van der Waals surface area contributed by atoms with Crippen molar-refractivity contribution in [3.63, 3.8) is 0 Å². The van der Waals surface area contributed by atoms with Crippen LogP contribution >= 0.6 is 0 Å². The third-order valence-electron chi connectivity index (χ3n) is 3.88. The molecule has 5 nitrogen and oxygen atoms in total. The van der Waals surface area contributed by atoms with Crippen LogP contribution in [0.2, 0.25) is 0 Å². The number of carbonyl (C=O) groups excluding carboxylic acids is 1. The van der Waals surface area contributed by atoms with E-state index in [1.165, 1.54) is 7.11 Å². The van der Waals surface area contributed by atoms with Gasteiger partial charge in [0.1, 0.15) is 5.76 Å². The lowest BCUT2D eigenvalue weighted by Crippen LogP contribution is -2.34. The highest BCUT2D eigenvalue weighted by Gasteiger charge is 2.31. The lowest BCUT2D eigenvalue weighted by Gasteiger charge is -2.23. The van der Waals surface area contributed by atoms with Gasteiger partial charge in [-0.3, -0.25) is 4.90 Å². The van der Waals surface area contributed by atoms with Gasteiger partial charge in [0.15, 0.2) is 0 Å². The Morgan fingerprint density at radius 2 is 2.37 bits per heavy atom. The van der Waals surface area contributed by atoms with E-state index >= 15 is 0 Å². The Morgan fingerprint density at radius 3 is 3.00 bits per heavy atom. The molecule has 1 aromatic heterocycles. The van der Waals surface area contributed by atoms with Crippen LogP contribution in [-0.4, -0.2) is 42.3 Å². The average Bonchev–Trinajstić information content (AvgIpc) is 2.92. The van der Waals surface area contributed by atoms with E-state index < -0.39 is 5.97 Å². The van der Waals surface area contributed by atoms with Gasteiger partial charge in [-0.05, 0) is 31.9 Å². The van der Waals surface area contributed by atoms with Gasteiger partial charge in [0.25, 0.3) is 0 Å². The minimum absolute atomic E-state index is 0.157. The van der Waals surface area contributed by atoms with Crippen LogP contribution in [0.1, 0.15) is 35.2 Å². The molecule has 2 unspecified atom stereocenters. The fourth-order valence-corrected chi connectivity index (χ4v) is 2.70. The quantitative estimate of drug-likeness (QED) is 0.839. The van der Waals surface area contributed by atoms with E-state index in [1.54, 1.807) is 0 Å². The first kappa shape index (κ1) is 14.1. The maximum absolute atomic E-state index is 11.5. The fraction of sp³-hybridized carbons (Fsp3) is 0.643. The van der Waals surface area contributed by atoms with Gasteiger partial charge in [-0.25, -0.2) is 4.79 Å². The Morgan fingerprint density at radius 1 is 1.63 bits per heavy atom. The number of aliphatic hydroxyl groups is 1. The number of hydrogen-bond acceptors (Lipinski definition) is 5. The Bertz CT molecular complexity index is 454. The van der Waals surface area contributed by atoms with Crippen LogP contribution in [0, 0.1) is 12.8 Å². The highest BCUT2D eigenvalue weighted by atomic mass is 16.5. The van der Waals surface area contributed by atoms with Crippen molar-refractivity contribution in [2.24, 2.45) is 5.92 Å². The standard InChI is InChI=1S/C14H21NO4/c1-9-4-5-15(12(9)8-16)7-11-6-10(2)13(19-11)14(17)18-3/h6,9,12,16H,4-5,7-8H2,1-3H3. The molecule has 5 heteroatoms. The van der Waals surface area contributed by atoms with Gasteiger partial charge in [-0.2, -0.15) is 0 Å². The zero-order chi connectivity index (χ0) is 14.0. The first-order valence-electron chi connectivity index (χ1n) is 6.59. The summed E-state index contributed by atoms with van der Waals surface area (Å²) in [5.41, 5.74) is 0.787. The minimum Gasteiger partial charge on any atom is -0.463 e. The lowest BCUT2D eigenvalue weighted by molar-refractivity contribution is 0.0558. The summed E-state index contributed by atoms with van der Waals surface area (Å²) in [6.07, 6.45) is 1.08. The summed E-state index contributed by atoms with van der Waals surface area (Å²) in [5, 5.41) is 9.42. The molecule has 2 rings (SSSR count). The van der Waals surface area contributed by atoms with Crippen LogP contribution in [0.15, 0.2) is 10.5 Å². The van der Waals surface area contributed by atoms with Crippen LogP contribution in [-0.2, 0) is 11.3 Å². The average molecular weight is 267 g/mol. The number of esters is 1. The van der Waals surface area contributed by atoms with Crippen LogP contribution < -0.4 is 0 Å². The summed E-state index contributed by atoms with van der Waals surface area (Å²) < 4.78 is 10.2. The van der Waals surface area contributed by atoms with E-state index in [0.29, 0.717) is 12.5 Å². The van der Waals surface area contributed by atoms with E-state index in [2.05, 4.69) is 16.6 Å². The smallest absolute Gasteiger partial charge is 0.374 e. The molecule has 0 aromatic carbocycles. The van der Waals surface area contributed by atoms with Crippen molar-refractivity contribution in [1.29, 1.82) is 0 Å². The number of likely N-dealkylation sites (tertiary alicyclic amines) is 1. The number of methoxy groups -OCH3 is 1. The molecule has 2 atom stereocenters. The highest BCUT2D eigenvalue weighted by molar-refractivity contribution is 5.87. The summed E-state index contributed by atoms with van der Waals surface area (Å²) in [6, 6.07) is 2.04. The van der Waals surface area contributed by atoms with Crippen LogP contribution in [0.25, 0.3) is 0 Å². The monoisotopic (exact) mass is 267 g/mol. The van der Waals surface area contributed by atoms with E-state index in [0.717, 1.165) is 24.3 Å². The molecule has 0 spiro atoms. The summed E-state index contributed by atoms with van der Waals surface area (Å²) in [5.74, 6) is 1.05. The molecule has 1 aliphatic rings. The van der Waals surface area contributed by atoms with Gasteiger partial charge in [-0.15, -0.1) is 0 Å². The number of rotatable bonds is 4. The zero-order valence-corrected chi connectivity index (χ0v) is 11.7. The van der Waals surface area contributed by atoms with Gasteiger partial charge in [0.2, 0.25) is 5.76 Å². The maximum Gasteiger partial charge on any atom is 0.374 e. The molecule has 0 aliphatic carbocycles. The molecule has 1 aliphatic heterocycles. The number of hydrogen-bond donors (Lipinski definition) is 1. The zero-order valence-electron chi connectivity index (χ0n) is 11.7. The van der Waals surface area contributed by atoms with Crippen LogP contribution in [0.5, 0.6) is 0 Å². The second kappa shape index (κ2) is 5.75. The van der Waals surface area contributed by atoms with Crippen molar-refractivity contribution in [3.8, 4) is 0 Å². The van der Waals surface area contributed by atoms with Gasteiger partial charge in [0, 0.05) is 11.6 Å². The Labute approximate surface area is 113 Å². The van der Waals surface area contributed by atoms with Crippen molar-refractivity contribution in [2.75, 3.05) is 20.3 Å². The second-order valence-electron chi connectivity index (χ2n) is 5.20. The van der Waals surface area contributed by atoms with Gasteiger partial charge in [-0.1, -0.05) is 6.92 Å². The fourth-order valence-electron chi connectivity index (χ4n) is 2.70.